The van der Waals surface area contributed by atoms with Crippen molar-refractivity contribution >= 4 is 31.9 Å². The van der Waals surface area contributed by atoms with E-state index < -0.39 is 7.21 Å². The van der Waals surface area contributed by atoms with Crippen LogP contribution in [0.25, 0.3) is 0 Å². The highest BCUT2D eigenvalue weighted by Gasteiger charge is 2.41. The van der Waals surface area contributed by atoms with Crippen molar-refractivity contribution in [2.24, 2.45) is 4.52 Å². The molecule has 0 fully saturated rings. The van der Waals surface area contributed by atoms with Gasteiger partial charge in [0.15, 0.2) is 0 Å². The van der Waals surface area contributed by atoms with Gasteiger partial charge >= 0.3 is 0 Å². The molecule has 1 rings (SSSR count). The van der Waals surface area contributed by atoms with Gasteiger partial charge in [0, 0.05) is 43.3 Å². The molecule has 3 unspecified atom stereocenters. The molecule has 1 aliphatic heterocycles. The average Bonchev–Trinajstić information content (AvgIpc) is 2.62. The molecule has 0 aliphatic carbocycles. The van der Waals surface area contributed by atoms with Crippen molar-refractivity contribution in [3.05, 3.63) is 0 Å². The van der Waals surface area contributed by atoms with E-state index in [1.54, 1.807) is 0 Å². The van der Waals surface area contributed by atoms with E-state index in [0.29, 0.717) is 0 Å². The Morgan fingerprint density at radius 3 is 1.54 bits per heavy atom. The molecule has 0 bridgehead atoms. The van der Waals surface area contributed by atoms with E-state index in [2.05, 4.69) is 68.7 Å². The van der Waals surface area contributed by atoms with Crippen LogP contribution >= 0.6 is 31.9 Å². The van der Waals surface area contributed by atoms with Crippen LogP contribution in [0.1, 0.15) is 55.4 Å². The van der Waals surface area contributed by atoms with Gasteiger partial charge in [-0.3, -0.25) is 0 Å². The van der Waals surface area contributed by atoms with Gasteiger partial charge in [-0.25, -0.2) is 17.8 Å². The van der Waals surface area contributed by atoms with E-state index >= 15 is 0 Å². The summed E-state index contributed by atoms with van der Waals surface area (Å²) in [6, 6.07) is 0. The average molecular weight is 412 g/mol. The summed E-state index contributed by atoms with van der Waals surface area (Å²) in [6.45, 7) is 22.6. The number of rotatable bonds is 8. The first-order valence-corrected chi connectivity index (χ1v) is 16.1. The predicted octanol–water partition coefficient (Wildman–Crippen LogP) is 7.12. The van der Waals surface area contributed by atoms with Gasteiger partial charge in [0.2, 0.25) is 0 Å². The fourth-order valence-electron chi connectivity index (χ4n) is 3.59. The van der Waals surface area contributed by atoms with Gasteiger partial charge in [-0.15, -0.1) is 0 Å². The van der Waals surface area contributed by atoms with Gasteiger partial charge < -0.3 is 0 Å². The first-order chi connectivity index (χ1) is 11.5. The van der Waals surface area contributed by atoms with Crippen molar-refractivity contribution in [2.45, 2.75) is 55.4 Å². The Morgan fingerprint density at radius 1 is 0.667 bits per heavy atom. The van der Waals surface area contributed by atoms with Crippen LogP contribution in [-0.2, 0) is 0 Å². The lowest BCUT2D eigenvalue weighted by Gasteiger charge is -2.52. The molecule has 0 N–H and O–H groups in total. The minimum Gasteiger partial charge on any atom is -0.248 e. The smallest absolute Gasteiger partial charge is 0.0932 e. The highest BCUT2D eigenvalue weighted by atomic mass is 31.3. The SMILES string of the molecule is CCN1P(CC)N=P(CC)(CC)N(CC)P(CC)N(CC)P1CC. The molecule has 0 spiro atoms. The molecule has 3 atom stereocenters. The molecule has 8 heteroatoms. The largest absolute Gasteiger partial charge is 0.248 e. The third kappa shape index (κ3) is 4.62. The maximum atomic E-state index is 5.73. The van der Waals surface area contributed by atoms with E-state index in [0.717, 1.165) is 6.54 Å². The highest BCUT2D eigenvalue weighted by molar-refractivity contribution is 7.84. The molecule has 0 saturated heterocycles. The van der Waals surface area contributed by atoms with Crippen LogP contribution in [0.15, 0.2) is 4.52 Å². The minimum atomic E-state index is -1.37. The summed E-state index contributed by atoms with van der Waals surface area (Å²) >= 11 is 0. The number of nitrogens with zero attached hydrogens (tertiary/aromatic N) is 4. The van der Waals surface area contributed by atoms with E-state index in [-0.39, 0.29) is 24.7 Å². The van der Waals surface area contributed by atoms with Crippen LogP contribution < -0.4 is 0 Å². The molecule has 0 aromatic rings. The monoisotopic (exact) mass is 412 g/mol. The first kappa shape index (κ1) is 23.4. The van der Waals surface area contributed by atoms with E-state index in [1.165, 1.54) is 43.9 Å². The van der Waals surface area contributed by atoms with Gasteiger partial charge in [-0.05, 0) is 30.8 Å². The van der Waals surface area contributed by atoms with Crippen molar-refractivity contribution in [1.82, 2.24) is 13.3 Å². The zero-order chi connectivity index (χ0) is 18.3. The molecule has 0 radical (unpaired) electrons. The lowest BCUT2D eigenvalue weighted by Crippen LogP contribution is -2.32. The van der Waals surface area contributed by atoms with Crippen LogP contribution in [0.5, 0.6) is 0 Å². The third-order valence-electron chi connectivity index (χ3n) is 4.74. The Bertz CT molecular complexity index is 413. The molecule has 0 saturated carbocycles. The fourth-order valence-corrected chi connectivity index (χ4v) is 21.0. The fraction of sp³-hybridized carbons (Fsp3) is 1.00. The highest BCUT2D eigenvalue weighted by Crippen LogP contribution is 2.77. The Labute approximate surface area is 155 Å². The van der Waals surface area contributed by atoms with Crippen LogP contribution in [0.3, 0.4) is 0 Å². The molecule has 0 amide bonds. The molecule has 1 aliphatic rings. The second-order valence-electron chi connectivity index (χ2n) is 5.73. The summed E-state index contributed by atoms with van der Waals surface area (Å²) in [5.41, 5.74) is 0. The van der Waals surface area contributed by atoms with Gasteiger partial charge in [-0.1, -0.05) is 55.4 Å². The third-order valence-corrected chi connectivity index (χ3v) is 19.9. The van der Waals surface area contributed by atoms with Crippen molar-refractivity contribution < 1.29 is 0 Å². The van der Waals surface area contributed by atoms with Crippen molar-refractivity contribution in [3.8, 4) is 0 Å². The topological polar surface area (TPSA) is 22.1 Å². The summed E-state index contributed by atoms with van der Waals surface area (Å²) < 4.78 is 14.4. The first-order valence-electron chi connectivity index (χ1n) is 9.79. The molecule has 1 heterocycles. The maximum absolute atomic E-state index is 5.73. The molecule has 0 aromatic carbocycles. The Hall–Kier alpha value is 1.40. The molecule has 144 valence electrons. The normalized spacial score (nSPS) is 29.9. The summed E-state index contributed by atoms with van der Waals surface area (Å²) in [4.78, 5) is 0. The molecule has 0 aromatic heterocycles. The van der Waals surface area contributed by atoms with Crippen molar-refractivity contribution in [1.29, 1.82) is 0 Å². The predicted molar refractivity (Wildman–Crippen MR) is 120 cm³/mol. The van der Waals surface area contributed by atoms with Crippen LogP contribution in [0.2, 0.25) is 0 Å². The Kier molecular flexibility index (Phi) is 11.0. The maximum Gasteiger partial charge on any atom is 0.0932 e. The Balaban J connectivity index is 3.63. The Morgan fingerprint density at radius 2 is 1.21 bits per heavy atom. The van der Waals surface area contributed by atoms with Crippen molar-refractivity contribution in [3.63, 3.8) is 0 Å². The van der Waals surface area contributed by atoms with Crippen LogP contribution in [0, 0.1) is 0 Å². The van der Waals surface area contributed by atoms with Gasteiger partial charge in [0.05, 0.1) is 8.22 Å². The minimum absolute atomic E-state index is 0.208. The molecule has 4 nitrogen and oxygen atoms in total. The molecular weight excluding hydrogens is 372 g/mol. The molecular formula is C16H40N4P4. The second kappa shape index (κ2) is 11.3. The summed E-state index contributed by atoms with van der Waals surface area (Å²) in [5, 5.41) is 0. The van der Waals surface area contributed by atoms with Gasteiger partial charge in [0.25, 0.3) is 0 Å². The van der Waals surface area contributed by atoms with E-state index in [1.807, 2.05) is 0 Å². The summed E-state index contributed by atoms with van der Waals surface area (Å²) in [7, 11) is -2.15. The van der Waals surface area contributed by atoms with E-state index in [9.17, 15) is 0 Å². The lowest BCUT2D eigenvalue weighted by molar-refractivity contribution is 0.604. The van der Waals surface area contributed by atoms with Gasteiger partial charge in [-0.2, -0.15) is 0 Å². The lowest BCUT2D eigenvalue weighted by atomic mass is 10.8. The van der Waals surface area contributed by atoms with Gasteiger partial charge in [0.1, 0.15) is 0 Å². The quantitative estimate of drug-likeness (QED) is 0.396. The van der Waals surface area contributed by atoms with Crippen LogP contribution in [-0.4, -0.2) is 63.8 Å². The summed E-state index contributed by atoms with van der Waals surface area (Å²) in [6.07, 6.45) is 6.24. The number of hydrogen-bond acceptors (Lipinski definition) is 4. The number of hydrogen-bond donors (Lipinski definition) is 0. The zero-order valence-corrected chi connectivity index (χ0v) is 20.8. The molecule has 24 heavy (non-hydrogen) atoms. The second-order valence-corrected chi connectivity index (χ2v) is 17.4. The summed E-state index contributed by atoms with van der Waals surface area (Å²) in [5.74, 6) is 0. The van der Waals surface area contributed by atoms with Crippen LogP contribution in [0.4, 0.5) is 0 Å². The van der Waals surface area contributed by atoms with Crippen molar-refractivity contribution in [2.75, 3.05) is 50.4 Å². The zero-order valence-electron chi connectivity index (χ0n) is 17.2. The van der Waals surface area contributed by atoms with E-state index in [4.69, 9.17) is 4.52 Å². The standard InChI is InChI=1S/C16H40N4P4/c1-9-18-21(12-4)17-24(15-7,16-8)20(11-3)23(14-6)19(10-2)22(18)13-5/h9-16H2,1-8H3.